The number of esters is 2. The molecule has 0 aromatic heterocycles. The summed E-state index contributed by atoms with van der Waals surface area (Å²) < 4.78 is 34.4. The first-order valence-corrected chi connectivity index (χ1v) is 42.8. The van der Waals surface area contributed by atoms with Crippen molar-refractivity contribution in [3.63, 3.8) is 0 Å². The molecule has 0 spiro atoms. The van der Waals surface area contributed by atoms with Crippen LogP contribution in [0.5, 0.6) is 0 Å². The number of unbranched alkanes of at least 4 members (excludes halogenated alkanes) is 56. The minimum atomic E-state index is -4.64. The summed E-state index contributed by atoms with van der Waals surface area (Å²) in [6.07, 6.45) is 99.7. The van der Waals surface area contributed by atoms with Gasteiger partial charge in [0.05, 0.1) is 27.7 Å². The number of likely N-dealkylation sites (N-methyl/N-ethyl adjacent to an activating group) is 1. The van der Waals surface area contributed by atoms with Gasteiger partial charge in [0.25, 0.3) is 7.82 Å². The quantitative estimate of drug-likeness (QED) is 0.0195. The highest BCUT2D eigenvalue weighted by molar-refractivity contribution is 7.45. The molecule has 0 aromatic rings. The molecule has 10 heteroatoms. The van der Waals surface area contributed by atoms with Gasteiger partial charge in [0, 0.05) is 12.8 Å². The topological polar surface area (TPSA) is 111 Å². The van der Waals surface area contributed by atoms with Crippen molar-refractivity contribution in [3.05, 3.63) is 48.6 Å². The minimum absolute atomic E-state index is 0.0277. The maximum absolute atomic E-state index is 12.9. The van der Waals surface area contributed by atoms with E-state index in [9.17, 15) is 19.0 Å². The van der Waals surface area contributed by atoms with E-state index in [1.807, 2.05) is 21.1 Å². The van der Waals surface area contributed by atoms with Crippen LogP contribution >= 0.6 is 7.82 Å². The zero-order chi connectivity index (χ0) is 68.3. The largest absolute Gasteiger partial charge is 0.756 e. The SMILES string of the molecule is CCCCCCC/C=C\C/C=C\CCCCCCCCCCCCCCCCCCCCCCCCCCCCCC(=O)OC(COC(=O)CCCCCCCCCCCCCCCCCCCCC/C=C\C/C=C\CCCCCCC)COP(=O)([O-])OCC[N+](C)(C)C. The molecule has 0 aliphatic heterocycles. The molecule has 0 fully saturated rings. The van der Waals surface area contributed by atoms with E-state index in [-0.39, 0.29) is 32.0 Å². The Morgan fingerprint density at radius 2 is 0.574 bits per heavy atom. The fourth-order valence-electron chi connectivity index (χ4n) is 12.5. The van der Waals surface area contributed by atoms with Crippen molar-refractivity contribution >= 4 is 19.8 Å². The molecule has 0 saturated heterocycles. The Hall–Kier alpha value is -2.03. The number of allylic oxidation sites excluding steroid dienone is 8. The zero-order valence-electron chi connectivity index (χ0n) is 63.4. The van der Waals surface area contributed by atoms with Crippen LogP contribution in [0.1, 0.15) is 425 Å². The van der Waals surface area contributed by atoms with E-state index in [0.717, 1.165) is 44.9 Å². The summed E-state index contributed by atoms with van der Waals surface area (Å²) in [7, 11) is 1.19. The first-order valence-electron chi connectivity index (χ1n) is 41.3. The van der Waals surface area contributed by atoms with Gasteiger partial charge in [-0.05, 0) is 77.0 Å². The maximum Gasteiger partial charge on any atom is 0.306 e. The zero-order valence-corrected chi connectivity index (χ0v) is 64.3. The lowest BCUT2D eigenvalue weighted by atomic mass is 10.0. The summed E-state index contributed by atoms with van der Waals surface area (Å²) >= 11 is 0. The number of nitrogens with zero attached hydrogens (tertiary/aromatic N) is 1. The van der Waals surface area contributed by atoms with E-state index >= 15 is 0 Å². The Labute approximate surface area is 585 Å². The van der Waals surface area contributed by atoms with Crippen LogP contribution in [0.4, 0.5) is 0 Å². The molecule has 2 unspecified atom stereocenters. The third-order valence-corrected chi connectivity index (χ3v) is 19.8. The highest BCUT2D eigenvalue weighted by Gasteiger charge is 2.22. The Morgan fingerprint density at radius 3 is 0.840 bits per heavy atom. The third-order valence-electron chi connectivity index (χ3n) is 18.8. The van der Waals surface area contributed by atoms with E-state index in [1.165, 1.54) is 347 Å². The van der Waals surface area contributed by atoms with Gasteiger partial charge in [-0.1, -0.05) is 383 Å². The molecule has 0 amide bonds. The predicted octanol–water partition coefficient (Wildman–Crippen LogP) is 26.9. The molecular formula is C84H160NO8P. The van der Waals surface area contributed by atoms with Crippen LogP contribution < -0.4 is 4.89 Å². The van der Waals surface area contributed by atoms with Gasteiger partial charge >= 0.3 is 11.9 Å². The fourth-order valence-corrected chi connectivity index (χ4v) is 13.2. The molecule has 0 saturated carbocycles. The Bertz CT molecular complexity index is 1720. The van der Waals surface area contributed by atoms with Crippen molar-refractivity contribution in [3.8, 4) is 0 Å². The summed E-state index contributed by atoms with van der Waals surface area (Å²) in [4.78, 5) is 38.2. The number of quaternary nitrogens is 1. The molecule has 2 atom stereocenters. The summed E-state index contributed by atoms with van der Waals surface area (Å²) in [5, 5.41) is 0. The van der Waals surface area contributed by atoms with E-state index in [4.69, 9.17) is 18.5 Å². The molecule has 0 aliphatic carbocycles. The van der Waals surface area contributed by atoms with Crippen LogP contribution in [0.3, 0.4) is 0 Å². The van der Waals surface area contributed by atoms with Crippen LogP contribution in [0.2, 0.25) is 0 Å². The molecule has 0 radical (unpaired) electrons. The minimum Gasteiger partial charge on any atom is -0.756 e. The second kappa shape index (κ2) is 75.2. The standard InChI is InChI=1S/C84H160NO8P/c1-6-8-10-12-14-16-18-20-22-24-26-28-30-32-34-36-38-39-40-41-42-43-44-45-47-49-51-53-55-57-59-61-63-65-67-69-71-73-75-77-84(87)93-82(81-92-94(88,89)91-79-78-85(3,4)5)80-90-83(86)76-74-72-70-68-66-64-62-60-58-56-54-52-50-48-46-37-35-33-31-29-27-25-23-21-19-17-15-13-11-9-7-2/h18-21,24-27,82H,6-17,22-23,28-81H2,1-5H3/b20-18-,21-19-,26-24-,27-25-. The van der Waals surface area contributed by atoms with Crippen molar-refractivity contribution < 1.29 is 42.1 Å². The molecule has 9 nitrogen and oxygen atoms in total. The molecule has 0 rings (SSSR count). The Morgan fingerprint density at radius 1 is 0.330 bits per heavy atom. The monoisotopic (exact) mass is 1340 g/mol. The molecular weight excluding hydrogens is 1180 g/mol. The average Bonchev–Trinajstić information content (AvgIpc) is 1.56. The Balaban J connectivity index is 3.88. The van der Waals surface area contributed by atoms with Crippen LogP contribution in [0.25, 0.3) is 0 Å². The van der Waals surface area contributed by atoms with E-state index < -0.39 is 26.5 Å². The summed E-state index contributed by atoms with van der Waals surface area (Å²) in [5.74, 6) is -0.808. The number of hydrogen-bond acceptors (Lipinski definition) is 8. The molecule has 0 aromatic carbocycles. The summed E-state index contributed by atoms with van der Waals surface area (Å²) in [6.45, 7) is 4.30. The first-order chi connectivity index (χ1) is 46.0. The van der Waals surface area contributed by atoms with Crippen molar-refractivity contribution in [2.24, 2.45) is 0 Å². The Kier molecular flexibility index (Phi) is 73.6. The van der Waals surface area contributed by atoms with Crippen LogP contribution in [0.15, 0.2) is 48.6 Å². The second-order valence-electron chi connectivity index (χ2n) is 29.5. The average molecular weight is 1340 g/mol. The van der Waals surface area contributed by atoms with Gasteiger partial charge in [-0.15, -0.1) is 0 Å². The lowest BCUT2D eigenvalue weighted by Crippen LogP contribution is -2.37. The van der Waals surface area contributed by atoms with Crippen LogP contribution in [-0.2, 0) is 32.7 Å². The van der Waals surface area contributed by atoms with Gasteiger partial charge in [0.2, 0.25) is 0 Å². The predicted molar refractivity (Wildman–Crippen MR) is 407 cm³/mol. The number of phosphoric ester groups is 1. The van der Waals surface area contributed by atoms with Gasteiger partial charge in [-0.25, -0.2) is 0 Å². The first kappa shape index (κ1) is 92.0. The lowest BCUT2D eigenvalue weighted by Gasteiger charge is -2.28. The number of hydrogen-bond donors (Lipinski definition) is 0. The van der Waals surface area contributed by atoms with Crippen molar-refractivity contribution in [2.75, 3.05) is 47.5 Å². The van der Waals surface area contributed by atoms with Crippen molar-refractivity contribution in [1.82, 2.24) is 0 Å². The van der Waals surface area contributed by atoms with Crippen LogP contribution in [-0.4, -0.2) is 70.0 Å². The molecule has 0 bridgehead atoms. The van der Waals surface area contributed by atoms with E-state index in [2.05, 4.69) is 62.5 Å². The number of carbonyl (C=O) groups excluding carboxylic acids is 2. The smallest absolute Gasteiger partial charge is 0.306 e. The molecule has 554 valence electrons. The lowest BCUT2D eigenvalue weighted by molar-refractivity contribution is -0.870. The summed E-state index contributed by atoms with van der Waals surface area (Å²) in [6, 6.07) is 0. The second-order valence-corrected chi connectivity index (χ2v) is 30.9. The van der Waals surface area contributed by atoms with Gasteiger partial charge < -0.3 is 27.9 Å². The van der Waals surface area contributed by atoms with E-state index in [1.54, 1.807) is 0 Å². The normalized spacial score (nSPS) is 13.2. The molecule has 0 aliphatic rings. The van der Waals surface area contributed by atoms with E-state index in [0.29, 0.717) is 17.4 Å². The molecule has 94 heavy (non-hydrogen) atoms. The van der Waals surface area contributed by atoms with Gasteiger partial charge in [-0.3, -0.25) is 14.2 Å². The number of ether oxygens (including phenoxy) is 2. The number of carbonyl (C=O) groups is 2. The van der Waals surface area contributed by atoms with Gasteiger partial charge in [0.15, 0.2) is 6.10 Å². The van der Waals surface area contributed by atoms with Crippen LogP contribution in [0, 0.1) is 0 Å². The summed E-state index contributed by atoms with van der Waals surface area (Å²) in [5.41, 5.74) is 0. The highest BCUT2D eigenvalue weighted by Crippen LogP contribution is 2.38. The van der Waals surface area contributed by atoms with Crippen molar-refractivity contribution in [2.45, 2.75) is 431 Å². The third kappa shape index (κ3) is 79.0. The fraction of sp³-hybridized carbons (Fsp3) is 0.881. The van der Waals surface area contributed by atoms with Gasteiger partial charge in [0.1, 0.15) is 19.8 Å². The number of phosphoric acid groups is 1. The molecule has 0 N–H and O–H groups in total. The maximum atomic E-state index is 12.9. The molecule has 0 heterocycles. The number of rotatable bonds is 78. The van der Waals surface area contributed by atoms with Crippen molar-refractivity contribution in [1.29, 1.82) is 0 Å². The van der Waals surface area contributed by atoms with Gasteiger partial charge in [-0.2, -0.15) is 0 Å². The highest BCUT2D eigenvalue weighted by atomic mass is 31.2.